The number of hydrogen-bond acceptors (Lipinski definition) is 2. The van der Waals surface area contributed by atoms with E-state index in [-0.39, 0.29) is 0 Å². The van der Waals surface area contributed by atoms with Gasteiger partial charge in [-0.15, -0.1) is 0 Å². The van der Waals surface area contributed by atoms with Crippen LogP contribution in [0.3, 0.4) is 0 Å². The van der Waals surface area contributed by atoms with Crippen molar-refractivity contribution in [1.29, 1.82) is 0 Å². The van der Waals surface area contributed by atoms with Gasteiger partial charge in [0.25, 0.3) is 0 Å². The maximum atomic E-state index is 6.68. The van der Waals surface area contributed by atoms with Gasteiger partial charge < -0.3 is 5.32 Å². The molecule has 4 heteroatoms. The van der Waals surface area contributed by atoms with Crippen molar-refractivity contribution in [2.75, 3.05) is 11.9 Å². The summed E-state index contributed by atoms with van der Waals surface area (Å²) in [7, 11) is 0. The highest BCUT2D eigenvalue weighted by atomic mass is 35.5. The van der Waals surface area contributed by atoms with Crippen molar-refractivity contribution in [3.05, 3.63) is 33.4 Å². The molecule has 0 aliphatic heterocycles. The Kier molecular flexibility index (Phi) is 5.66. The molecular weight excluding hydrogens is 327 g/mol. The van der Waals surface area contributed by atoms with Crippen LogP contribution in [-0.2, 0) is 12.8 Å². The molecule has 0 spiro atoms. The zero-order valence-corrected chi connectivity index (χ0v) is 15.2. The third-order valence-electron chi connectivity index (χ3n) is 4.61. The van der Waals surface area contributed by atoms with E-state index in [2.05, 4.69) is 18.3 Å². The Labute approximate surface area is 148 Å². The van der Waals surface area contributed by atoms with Crippen LogP contribution < -0.4 is 5.32 Å². The predicted octanol–water partition coefficient (Wildman–Crippen LogP) is 6.41. The van der Waals surface area contributed by atoms with Crippen LogP contribution in [0, 0.1) is 0 Å². The van der Waals surface area contributed by atoms with Gasteiger partial charge in [-0.25, -0.2) is 0 Å². The van der Waals surface area contributed by atoms with E-state index >= 15 is 0 Å². The van der Waals surface area contributed by atoms with Crippen LogP contribution in [0.25, 0.3) is 10.9 Å². The summed E-state index contributed by atoms with van der Waals surface area (Å²) in [5.41, 5.74) is 4.24. The Morgan fingerprint density at radius 1 is 1.09 bits per heavy atom. The number of fused-ring (bicyclic) bond motifs is 2. The number of aryl methyl sites for hydroxylation is 1. The molecule has 0 saturated carbocycles. The summed E-state index contributed by atoms with van der Waals surface area (Å²) in [6.07, 6.45) is 9.43. The molecule has 0 atom stereocenters. The third-order valence-corrected chi connectivity index (χ3v) is 5.33. The first-order chi connectivity index (χ1) is 11.2. The SMILES string of the molecule is CCCCCCNc1cc(Cl)c2nc3c(c(Cl)c2c1)CCCC3. The van der Waals surface area contributed by atoms with Crippen molar-refractivity contribution < 1.29 is 0 Å². The zero-order valence-electron chi connectivity index (χ0n) is 13.7. The standard InChI is InChI=1S/C19H24Cl2N2/c1-2-3-4-7-10-22-13-11-15-18(21)14-8-5-6-9-17(14)23-19(15)16(20)12-13/h11-12,22H,2-10H2,1H3. The van der Waals surface area contributed by atoms with Crippen molar-refractivity contribution >= 4 is 39.8 Å². The fourth-order valence-corrected chi connectivity index (χ4v) is 3.92. The molecule has 0 bridgehead atoms. The minimum atomic E-state index is 0.689. The van der Waals surface area contributed by atoms with Crippen LogP contribution in [0.2, 0.25) is 10.0 Å². The molecule has 23 heavy (non-hydrogen) atoms. The molecule has 0 fully saturated rings. The largest absolute Gasteiger partial charge is 0.385 e. The number of benzene rings is 1. The molecule has 2 nitrogen and oxygen atoms in total. The molecule has 0 radical (unpaired) electrons. The van der Waals surface area contributed by atoms with Crippen LogP contribution in [0.1, 0.15) is 56.7 Å². The van der Waals surface area contributed by atoms with E-state index in [1.54, 1.807) is 0 Å². The van der Waals surface area contributed by atoms with Crippen molar-refractivity contribution in [2.24, 2.45) is 0 Å². The second kappa shape index (κ2) is 7.72. The van der Waals surface area contributed by atoms with E-state index in [1.165, 1.54) is 44.1 Å². The monoisotopic (exact) mass is 350 g/mol. The number of anilines is 1. The molecule has 0 unspecified atom stereocenters. The second-order valence-electron chi connectivity index (χ2n) is 6.40. The summed E-state index contributed by atoms with van der Waals surface area (Å²) < 4.78 is 0. The summed E-state index contributed by atoms with van der Waals surface area (Å²) in [4.78, 5) is 4.79. The molecule has 0 saturated heterocycles. The first-order valence-electron chi connectivity index (χ1n) is 8.75. The highest BCUT2D eigenvalue weighted by Gasteiger charge is 2.18. The van der Waals surface area contributed by atoms with Gasteiger partial charge in [-0.3, -0.25) is 4.98 Å². The van der Waals surface area contributed by atoms with Gasteiger partial charge in [0.2, 0.25) is 0 Å². The molecule has 1 N–H and O–H groups in total. The summed E-state index contributed by atoms with van der Waals surface area (Å²) in [6.45, 7) is 3.20. The summed E-state index contributed by atoms with van der Waals surface area (Å²) in [5, 5.41) is 5.99. The minimum absolute atomic E-state index is 0.689. The molecule has 1 heterocycles. The second-order valence-corrected chi connectivity index (χ2v) is 7.18. The molecular formula is C19H24Cl2N2. The van der Waals surface area contributed by atoms with Gasteiger partial charge in [0, 0.05) is 23.3 Å². The van der Waals surface area contributed by atoms with E-state index in [1.807, 2.05) is 6.07 Å². The van der Waals surface area contributed by atoms with Gasteiger partial charge >= 0.3 is 0 Å². The van der Waals surface area contributed by atoms with Crippen molar-refractivity contribution in [3.63, 3.8) is 0 Å². The van der Waals surface area contributed by atoms with Gasteiger partial charge in [0.15, 0.2) is 0 Å². The van der Waals surface area contributed by atoms with E-state index in [0.29, 0.717) is 5.02 Å². The average Bonchev–Trinajstić information content (AvgIpc) is 2.56. The number of aromatic nitrogens is 1. The van der Waals surface area contributed by atoms with Crippen LogP contribution in [0.5, 0.6) is 0 Å². The van der Waals surface area contributed by atoms with Crippen molar-refractivity contribution in [3.8, 4) is 0 Å². The third kappa shape index (κ3) is 3.75. The van der Waals surface area contributed by atoms with E-state index in [9.17, 15) is 0 Å². The first-order valence-corrected chi connectivity index (χ1v) is 9.50. The molecule has 2 aromatic rings. The summed E-state index contributed by atoms with van der Waals surface area (Å²) in [5.74, 6) is 0. The minimum Gasteiger partial charge on any atom is -0.385 e. The van der Waals surface area contributed by atoms with Gasteiger partial charge in [-0.2, -0.15) is 0 Å². The lowest BCUT2D eigenvalue weighted by atomic mass is 9.94. The average molecular weight is 351 g/mol. The number of pyridine rings is 1. The maximum Gasteiger partial charge on any atom is 0.0908 e. The predicted molar refractivity (Wildman–Crippen MR) is 101 cm³/mol. The zero-order chi connectivity index (χ0) is 16.2. The smallest absolute Gasteiger partial charge is 0.0908 e. The number of halogens is 2. The Morgan fingerprint density at radius 2 is 1.91 bits per heavy atom. The van der Waals surface area contributed by atoms with Gasteiger partial charge in [0.05, 0.1) is 15.6 Å². The molecule has 1 aromatic carbocycles. The molecule has 124 valence electrons. The quantitative estimate of drug-likeness (QED) is 0.608. The fraction of sp³-hybridized carbons (Fsp3) is 0.526. The molecule has 0 amide bonds. The van der Waals surface area contributed by atoms with Crippen molar-refractivity contribution in [2.45, 2.75) is 58.3 Å². The lowest BCUT2D eigenvalue weighted by Crippen LogP contribution is -2.07. The lowest BCUT2D eigenvalue weighted by molar-refractivity contribution is 0.671. The number of nitrogens with zero attached hydrogens (tertiary/aromatic N) is 1. The van der Waals surface area contributed by atoms with Gasteiger partial charge in [-0.1, -0.05) is 49.4 Å². The number of unbranched alkanes of at least 4 members (excludes halogenated alkanes) is 3. The summed E-state index contributed by atoms with van der Waals surface area (Å²) >= 11 is 13.2. The number of rotatable bonds is 6. The van der Waals surface area contributed by atoms with Crippen LogP contribution in [-0.4, -0.2) is 11.5 Å². The molecule has 1 aromatic heterocycles. The Hall–Kier alpha value is -0.990. The van der Waals surface area contributed by atoms with Crippen molar-refractivity contribution in [1.82, 2.24) is 4.98 Å². The van der Waals surface area contributed by atoms with E-state index in [4.69, 9.17) is 28.2 Å². The highest BCUT2D eigenvalue weighted by Crippen LogP contribution is 2.37. The van der Waals surface area contributed by atoms with Crippen LogP contribution in [0.4, 0.5) is 5.69 Å². The van der Waals surface area contributed by atoms with Gasteiger partial charge in [0.1, 0.15) is 0 Å². The Morgan fingerprint density at radius 3 is 2.74 bits per heavy atom. The Bertz CT molecular complexity index is 698. The highest BCUT2D eigenvalue weighted by molar-refractivity contribution is 6.40. The topological polar surface area (TPSA) is 24.9 Å². The fourth-order valence-electron chi connectivity index (χ4n) is 3.31. The lowest BCUT2D eigenvalue weighted by Gasteiger charge is -2.19. The molecule has 3 rings (SSSR count). The molecule has 1 aliphatic carbocycles. The Balaban J connectivity index is 1.86. The first kappa shape index (κ1) is 16.9. The van der Waals surface area contributed by atoms with E-state index in [0.717, 1.165) is 46.7 Å². The maximum absolute atomic E-state index is 6.68. The van der Waals surface area contributed by atoms with Crippen LogP contribution in [0.15, 0.2) is 12.1 Å². The molecule has 1 aliphatic rings. The van der Waals surface area contributed by atoms with Gasteiger partial charge in [-0.05, 0) is 49.8 Å². The number of hydrogen-bond donors (Lipinski definition) is 1. The van der Waals surface area contributed by atoms with E-state index < -0.39 is 0 Å². The number of nitrogens with one attached hydrogen (secondary N) is 1. The normalized spacial score (nSPS) is 14.0. The summed E-state index contributed by atoms with van der Waals surface area (Å²) in [6, 6.07) is 4.08. The van der Waals surface area contributed by atoms with Crippen LogP contribution >= 0.6 is 23.2 Å².